The number of nitrogens with zero attached hydrogens (tertiary/aromatic N) is 3. The van der Waals surface area contributed by atoms with E-state index < -0.39 is 0 Å². The van der Waals surface area contributed by atoms with Crippen LogP contribution in [0.2, 0.25) is 0 Å². The minimum absolute atomic E-state index is 0. The molecule has 0 radical (unpaired) electrons. The quantitative estimate of drug-likeness (QED) is 0.369. The summed E-state index contributed by atoms with van der Waals surface area (Å²) in [5, 5.41) is 9.59. The van der Waals surface area contributed by atoms with Crippen LogP contribution in [0, 0.1) is 13.8 Å². The first-order chi connectivity index (χ1) is 11.7. The lowest BCUT2D eigenvalue weighted by Crippen LogP contribution is -3.00. The number of H-pyrrole nitrogens is 1. The Morgan fingerprint density at radius 3 is 2.07 bits per heavy atom. The van der Waals surface area contributed by atoms with Crippen molar-refractivity contribution in [1.82, 2.24) is 5.43 Å². The van der Waals surface area contributed by atoms with Crippen molar-refractivity contribution in [3.05, 3.63) is 76.8 Å². The molecule has 1 atom stereocenters. The Bertz CT molecular complexity index is 870. The molecule has 0 spiro atoms. The number of hydrogen-bond donors (Lipinski definition) is 1. The van der Waals surface area contributed by atoms with E-state index in [9.17, 15) is 0 Å². The third-order valence-electron chi connectivity index (χ3n) is 3.89. The predicted octanol–water partition coefficient (Wildman–Crippen LogP) is -2.91. The van der Waals surface area contributed by atoms with Gasteiger partial charge in [0.05, 0.1) is 4.88 Å². The second-order valence-corrected chi connectivity index (χ2v) is 6.78. The van der Waals surface area contributed by atoms with Crippen molar-refractivity contribution >= 4 is 37.9 Å². The van der Waals surface area contributed by atoms with Crippen LogP contribution in [0.4, 0.5) is 10.8 Å². The highest BCUT2D eigenvalue weighted by Crippen LogP contribution is 2.27. The molecule has 0 bridgehead atoms. The molecule has 0 saturated heterocycles. The van der Waals surface area contributed by atoms with Crippen molar-refractivity contribution in [2.75, 3.05) is 10.2 Å². The molecule has 5 nitrogen and oxygen atoms in total. The van der Waals surface area contributed by atoms with Gasteiger partial charge in [0.15, 0.2) is 5.84 Å². The van der Waals surface area contributed by atoms with Gasteiger partial charge in [-0.25, -0.2) is 4.98 Å². The van der Waals surface area contributed by atoms with Gasteiger partial charge in [-0.3, -0.25) is 0 Å². The molecule has 2 heterocycles. The van der Waals surface area contributed by atoms with E-state index in [1.165, 1.54) is 4.88 Å². The molecule has 0 saturated carbocycles. The third-order valence-corrected chi connectivity index (χ3v) is 4.98. The summed E-state index contributed by atoms with van der Waals surface area (Å²) < 4.78 is 0. The summed E-state index contributed by atoms with van der Waals surface area (Å²) >= 11 is 1.70. The lowest BCUT2D eigenvalue weighted by Gasteiger charge is -2.17. The lowest BCUT2D eigenvalue weighted by molar-refractivity contribution is -0.368. The summed E-state index contributed by atoms with van der Waals surface area (Å²) in [6.45, 7) is 4.19. The van der Waals surface area contributed by atoms with E-state index >= 15 is 0 Å². The van der Waals surface area contributed by atoms with Crippen molar-refractivity contribution in [3.63, 3.8) is 0 Å². The second-order valence-electron chi connectivity index (χ2n) is 5.58. The fourth-order valence-corrected chi connectivity index (χ4v) is 3.40. The number of hydrazone groups is 1. The highest BCUT2D eigenvalue weighted by Gasteiger charge is 2.35. The van der Waals surface area contributed by atoms with Crippen molar-refractivity contribution < 1.29 is 38.9 Å². The Hall–Kier alpha value is -1.47. The van der Waals surface area contributed by atoms with Gasteiger partial charge in [-0.1, -0.05) is 53.6 Å². The van der Waals surface area contributed by atoms with Crippen LogP contribution < -0.4 is 54.6 Å². The van der Waals surface area contributed by atoms with Crippen LogP contribution >= 0.6 is 21.2 Å². The number of aromatic amines is 1. The van der Waals surface area contributed by atoms with Crippen LogP contribution in [-0.2, 0) is 0 Å². The predicted molar refractivity (Wildman–Crippen MR) is 110 cm³/mol. The number of rotatable bonds is 3. The maximum atomic E-state index is 4.78. The highest BCUT2D eigenvalue weighted by molar-refractivity contribution is 7.15. The zero-order valence-corrected chi connectivity index (χ0v) is 21.3. The Morgan fingerprint density at radius 2 is 1.52 bits per heavy atom. The minimum atomic E-state index is 0. The number of hydrogen-bond acceptors (Lipinski definition) is 5. The molecule has 0 fully saturated rings. The molecule has 144 valence electrons. The molecule has 1 unspecified atom stereocenters. The smallest absolute Gasteiger partial charge is 0.384 e. The van der Waals surface area contributed by atoms with Gasteiger partial charge in [0.25, 0.3) is 0 Å². The Kier molecular flexibility index (Phi) is 8.88. The van der Waals surface area contributed by atoms with E-state index in [4.69, 9.17) is 5.10 Å². The van der Waals surface area contributed by atoms with Gasteiger partial charge in [-0.2, -0.15) is 5.43 Å². The van der Waals surface area contributed by atoms with E-state index in [2.05, 4.69) is 24.3 Å². The largest absolute Gasteiger partial charge is 1.00 e. The van der Waals surface area contributed by atoms with Crippen LogP contribution in [0.1, 0.15) is 16.1 Å². The number of thiazole rings is 1. The molecule has 0 amide bonds. The molecule has 1 aliphatic heterocycles. The fraction of sp³-hybridized carbons (Fsp3) is 0.111. The third kappa shape index (κ3) is 4.88. The molecule has 4 rings (SSSR count). The van der Waals surface area contributed by atoms with Gasteiger partial charge in [-0.05, 0) is 52.3 Å². The number of halogens is 2. The first-order valence-corrected chi connectivity index (χ1v) is 8.59. The molecule has 9 heteroatoms. The van der Waals surface area contributed by atoms with Crippen LogP contribution in [-0.4, -0.2) is 5.84 Å². The molecule has 2 aromatic carbocycles. The zero-order valence-electron chi connectivity index (χ0n) is 15.3. The van der Waals surface area contributed by atoms with Crippen molar-refractivity contribution in [1.29, 1.82) is 0 Å². The van der Waals surface area contributed by atoms with E-state index in [1.807, 2.05) is 70.9 Å². The molecule has 27 heavy (non-hydrogen) atoms. The molecule has 3 aromatic rings. The number of hydrazine groups is 2. The van der Waals surface area contributed by atoms with Gasteiger partial charge in [0.1, 0.15) is 11.4 Å². The minimum Gasteiger partial charge on any atom is -1.00 e. The Balaban J connectivity index is 0.00000121. The molecule has 1 aliphatic rings. The van der Waals surface area contributed by atoms with Crippen molar-refractivity contribution in [3.8, 4) is 0 Å². The van der Waals surface area contributed by atoms with E-state index in [0.717, 1.165) is 27.9 Å². The number of nitrogens with one attached hydrogen (secondary N) is 2. The number of amidine groups is 1. The topological polar surface area (TPSA) is 45.0 Å². The first-order valence-electron chi connectivity index (χ1n) is 7.77. The highest BCUT2D eigenvalue weighted by atomic mass is 79.9. The van der Waals surface area contributed by atoms with Gasteiger partial charge >= 0.3 is 5.13 Å². The van der Waals surface area contributed by atoms with Gasteiger partial charge < -0.3 is 34.0 Å². The van der Waals surface area contributed by atoms with E-state index in [-0.39, 0.29) is 43.9 Å². The van der Waals surface area contributed by atoms with E-state index in [0.29, 0.717) is 0 Å². The fourth-order valence-electron chi connectivity index (χ4n) is 2.49. The summed E-state index contributed by atoms with van der Waals surface area (Å²) in [4.78, 5) is 4.68. The number of para-hydroxylation sites is 1. The standard InChI is InChI=1S/C18H17N5S.2BrH.H3P/c1-13-14(2)24-18(19-13)23-21-17(15-9-5-3-6-10-15)20-22(23)16-11-7-4-8-12-16;;;/h3-12H,1-2H3,(H,20,21);2*1H;1H3. The van der Waals surface area contributed by atoms with Crippen LogP contribution in [0.15, 0.2) is 65.8 Å². The maximum Gasteiger partial charge on any atom is 0.384 e. The number of aryl methyl sites for hydroxylation is 2. The second kappa shape index (κ2) is 10.2. The van der Waals surface area contributed by atoms with E-state index in [1.54, 1.807) is 11.3 Å². The summed E-state index contributed by atoms with van der Waals surface area (Å²) in [7, 11) is 0. The Morgan fingerprint density at radius 1 is 0.926 bits per heavy atom. The van der Waals surface area contributed by atoms with Gasteiger partial charge in [-0.15, -0.1) is 5.10 Å². The van der Waals surface area contributed by atoms with Crippen LogP contribution in [0.25, 0.3) is 0 Å². The lowest BCUT2D eigenvalue weighted by atomic mass is 10.2. The summed E-state index contributed by atoms with van der Waals surface area (Å²) in [6.07, 6.45) is 0. The summed E-state index contributed by atoms with van der Waals surface area (Å²) in [6, 6.07) is 20.2. The zero-order chi connectivity index (χ0) is 16.5. The Labute approximate surface area is 187 Å². The molecule has 0 aliphatic carbocycles. The average molecular weight is 531 g/mol. The van der Waals surface area contributed by atoms with Crippen LogP contribution in [0.5, 0.6) is 0 Å². The van der Waals surface area contributed by atoms with Crippen molar-refractivity contribution in [2.45, 2.75) is 13.8 Å². The summed E-state index contributed by atoms with van der Waals surface area (Å²) in [5.41, 5.74) is 6.61. The SMILES string of the molecule is Cc1[nH+]c(N2NC(c3ccccc3)=NN2c2ccccc2)sc1C.[Br-].[Br-].[PH4+]. The molecular formula is C18H22Br2N5PS. The molecule has 1 aromatic heterocycles. The molecule has 2 N–H and O–H groups in total. The normalized spacial score (nSPS) is 12.3. The van der Waals surface area contributed by atoms with Crippen molar-refractivity contribution in [2.24, 2.45) is 5.10 Å². The van der Waals surface area contributed by atoms with Crippen LogP contribution in [0.3, 0.4) is 0 Å². The molecular weight excluding hydrogens is 509 g/mol. The number of anilines is 2. The first kappa shape index (κ1) is 23.6. The van der Waals surface area contributed by atoms with Gasteiger partial charge in [0.2, 0.25) is 0 Å². The monoisotopic (exact) mass is 529 g/mol. The average Bonchev–Trinajstić information content (AvgIpc) is 3.21. The number of aromatic nitrogens is 1. The summed E-state index contributed by atoms with van der Waals surface area (Å²) in [5.74, 6) is 0.816. The van der Waals surface area contributed by atoms with Gasteiger partial charge in [0, 0.05) is 5.56 Å². The number of benzene rings is 2. The maximum absolute atomic E-state index is 4.78.